The Morgan fingerprint density at radius 2 is 1.94 bits per heavy atom. The van der Waals surface area contributed by atoms with Gasteiger partial charge in [-0.2, -0.15) is 0 Å². The molecule has 0 amide bonds. The Morgan fingerprint density at radius 3 is 2.88 bits per heavy atom. The van der Waals surface area contributed by atoms with Gasteiger partial charge in [-0.05, 0) is 46.6 Å². The summed E-state index contributed by atoms with van der Waals surface area (Å²) in [7, 11) is 0. The van der Waals surface area contributed by atoms with Crippen LogP contribution >= 0.6 is 0 Å². The number of allylic oxidation sites excluding steroid dienone is 4. The molecule has 0 saturated carbocycles. The zero-order chi connectivity index (χ0) is 11.4. The summed E-state index contributed by atoms with van der Waals surface area (Å²) in [6, 6.07) is 10.7. The smallest absolute Gasteiger partial charge is 0.0394 e. The molecule has 0 spiro atoms. The van der Waals surface area contributed by atoms with Crippen LogP contribution in [0.5, 0.6) is 0 Å². The summed E-state index contributed by atoms with van der Waals surface area (Å²) in [5.41, 5.74) is 12.6. The maximum atomic E-state index is 6.07. The Bertz CT molecular complexity index is 705. The van der Waals surface area contributed by atoms with Gasteiger partial charge in [-0.15, -0.1) is 0 Å². The fraction of sp³-hybridized carbons (Fsp3) is 0.125. The highest BCUT2D eigenvalue weighted by Crippen LogP contribution is 2.47. The van der Waals surface area contributed by atoms with Crippen molar-refractivity contribution in [2.45, 2.75) is 12.8 Å². The third-order valence-electron chi connectivity index (χ3n) is 3.86. The number of rotatable bonds is 0. The third kappa shape index (κ3) is 1.04. The lowest BCUT2D eigenvalue weighted by atomic mass is 9.95. The lowest BCUT2D eigenvalue weighted by Crippen LogP contribution is -1.89. The molecule has 2 N–H and O–H groups in total. The molecule has 2 aliphatic carbocycles. The fourth-order valence-electron chi connectivity index (χ4n) is 3.10. The van der Waals surface area contributed by atoms with E-state index in [1.165, 1.54) is 33.0 Å². The predicted molar refractivity (Wildman–Crippen MR) is 73.5 cm³/mol. The molecule has 2 aliphatic rings. The van der Waals surface area contributed by atoms with Gasteiger partial charge in [0.25, 0.3) is 0 Å². The van der Waals surface area contributed by atoms with Crippen molar-refractivity contribution in [2.75, 3.05) is 5.73 Å². The van der Waals surface area contributed by atoms with Crippen molar-refractivity contribution < 1.29 is 0 Å². The van der Waals surface area contributed by atoms with Crippen LogP contribution in [-0.4, -0.2) is 0 Å². The van der Waals surface area contributed by atoms with Crippen LogP contribution in [0, 0.1) is 0 Å². The predicted octanol–water partition coefficient (Wildman–Crippen LogP) is 4.00. The molecule has 0 bridgehead atoms. The Labute approximate surface area is 100 Å². The largest absolute Gasteiger partial charge is 0.398 e. The molecule has 0 atom stereocenters. The Kier molecular flexibility index (Phi) is 1.60. The molecule has 17 heavy (non-hydrogen) atoms. The minimum absolute atomic E-state index is 0.884. The minimum atomic E-state index is 0.884. The van der Waals surface area contributed by atoms with Crippen LogP contribution in [0.25, 0.3) is 21.9 Å². The lowest BCUT2D eigenvalue weighted by molar-refractivity contribution is 1.06. The Balaban J connectivity index is 2.20. The molecule has 1 heteroatoms. The van der Waals surface area contributed by atoms with E-state index >= 15 is 0 Å². The topological polar surface area (TPSA) is 26.0 Å². The van der Waals surface area contributed by atoms with Gasteiger partial charge in [-0.25, -0.2) is 0 Å². The Morgan fingerprint density at radius 1 is 1.00 bits per heavy atom. The first kappa shape index (κ1) is 9.06. The van der Waals surface area contributed by atoms with Crippen LogP contribution in [0.15, 0.2) is 42.5 Å². The molecule has 1 nitrogen and oxygen atoms in total. The summed E-state index contributed by atoms with van der Waals surface area (Å²) in [6.07, 6.45) is 6.84. The monoisotopic (exact) mass is 219 g/mol. The van der Waals surface area contributed by atoms with Gasteiger partial charge in [0, 0.05) is 11.1 Å². The first-order valence-corrected chi connectivity index (χ1v) is 6.08. The van der Waals surface area contributed by atoms with Crippen molar-refractivity contribution in [2.24, 2.45) is 0 Å². The quantitative estimate of drug-likeness (QED) is 0.666. The van der Waals surface area contributed by atoms with Crippen LogP contribution in [0.2, 0.25) is 0 Å². The number of nitrogen functional groups attached to an aromatic ring is 1. The molecule has 0 unspecified atom stereocenters. The molecule has 0 aromatic heterocycles. The van der Waals surface area contributed by atoms with E-state index in [1.807, 2.05) is 6.07 Å². The molecule has 0 fully saturated rings. The first-order chi connectivity index (χ1) is 8.36. The zero-order valence-corrected chi connectivity index (χ0v) is 9.53. The highest BCUT2D eigenvalue weighted by Gasteiger charge is 2.23. The van der Waals surface area contributed by atoms with E-state index in [1.54, 1.807) is 0 Å². The molecule has 0 heterocycles. The standard InChI is InChI=1S/C16H13N/c17-15-9-8-13-11-5-2-1-4-10(11)12-6-3-7-14(15)16(12)13/h1,3-4,6-9H,2,5,17H2. The average molecular weight is 219 g/mol. The molecule has 0 radical (unpaired) electrons. The maximum Gasteiger partial charge on any atom is 0.0394 e. The summed E-state index contributed by atoms with van der Waals surface area (Å²) in [6.45, 7) is 0. The SMILES string of the molecule is Nc1ccc2c3c(cccc13)C1=C2CCC=C1. The number of anilines is 1. The normalized spacial score (nSPS) is 16.7. The van der Waals surface area contributed by atoms with Crippen LogP contribution < -0.4 is 5.73 Å². The van der Waals surface area contributed by atoms with Crippen molar-refractivity contribution in [1.29, 1.82) is 0 Å². The molecular weight excluding hydrogens is 206 g/mol. The van der Waals surface area contributed by atoms with Crippen molar-refractivity contribution in [3.8, 4) is 0 Å². The van der Waals surface area contributed by atoms with Crippen LogP contribution in [-0.2, 0) is 0 Å². The van der Waals surface area contributed by atoms with E-state index in [2.05, 4.69) is 36.4 Å². The van der Waals surface area contributed by atoms with Crippen LogP contribution in [0.1, 0.15) is 24.0 Å². The van der Waals surface area contributed by atoms with Gasteiger partial charge >= 0.3 is 0 Å². The van der Waals surface area contributed by atoms with Gasteiger partial charge < -0.3 is 5.73 Å². The van der Waals surface area contributed by atoms with Gasteiger partial charge in [0.1, 0.15) is 0 Å². The molecule has 82 valence electrons. The van der Waals surface area contributed by atoms with E-state index < -0.39 is 0 Å². The molecule has 2 aromatic rings. The van der Waals surface area contributed by atoms with E-state index in [-0.39, 0.29) is 0 Å². The van der Waals surface area contributed by atoms with E-state index in [4.69, 9.17) is 5.73 Å². The van der Waals surface area contributed by atoms with Crippen molar-refractivity contribution in [1.82, 2.24) is 0 Å². The Hall–Kier alpha value is -2.02. The number of nitrogens with two attached hydrogens (primary N) is 1. The number of benzene rings is 2. The minimum Gasteiger partial charge on any atom is -0.398 e. The van der Waals surface area contributed by atoms with Crippen molar-refractivity contribution in [3.05, 3.63) is 53.6 Å². The van der Waals surface area contributed by atoms with Crippen LogP contribution in [0.4, 0.5) is 5.69 Å². The summed E-state index contributed by atoms with van der Waals surface area (Å²) in [5.74, 6) is 0. The maximum absolute atomic E-state index is 6.07. The summed E-state index contributed by atoms with van der Waals surface area (Å²) in [5, 5.41) is 2.55. The van der Waals surface area contributed by atoms with Gasteiger partial charge in [0.15, 0.2) is 0 Å². The third-order valence-corrected chi connectivity index (χ3v) is 3.86. The van der Waals surface area contributed by atoms with Gasteiger partial charge in [0.2, 0.25) is 0 Å². The second-order valence-electron chi connectivity index (χ2n) is 4.76. The molecule has 0 aliphatic heterocycles. The van der Waals surface area contributed by atoms with Crippen molar-refractivity contribution in [3.63, 3.8) is 0 Å². The van der Waals surface area contributed by atoms with E-state index in [0.717, 1.165) is 18.5 Å². The van der Waals surface area contributed by atoms with Crippen LogP contribution in [0.3, 0.4) is 0 Å². The summed E-state index contributed by atoms with van der Waals surface area (Å²) >= 11 is 0. The van der Waals surface area contributed by atoms with Crippen molar-refractivity contribution >= 4 is 27.6 Å². The van der Waals surface area contributed by atoms with E-state index in [0.29, 0.717) is 0 Å². The highest BCUT2D eigenvalue weighted by atomic mass is 14.6. The second-order valence-corrected chi connectivity index (χ2v) is 4.76. The number of fused-ring (bicyclic) bond motifs is 2. The number of hydrogen-bond donors (Lipinski definition) is 1. The first-order valence-electron chi connectivity index (χ1n) is 6.08. The average Bonchev–Trinajstić information content (AvgIpc) is 2.70. The van der Waals surface area contributed by atoms with Gasteiger partial charge in [-0.3, -0.25) is 0 Å². The molecule has 4 rings (SSSR count). The fourth-order valence-corrected chi connectivity index (χ4v) is 3.10. The van der Waals surface area contributed by atoms with Gasteiger partial charge in [0.05, 0.1) is 0 Å². The lowest BCUT2D eigenvalue weighted by Gasteiger charge is -2.09. The molecular formula is C16H13N. The number of hydrogen-bond acceptors (Lipinski definition) is 1. The summed E-state index contributed by atoms with van der Waals surface area (Å²) < 4.78 is 0. The highest BCUT2D eigenvalue weighted by molar-refractivity contribution is 6.18. The van der Waals surface area contributed by atoms with Gasteiger partial charge in [-0.1, -0.05) is 36.4 Å². The molecule has 2 aromatic carbocycles. The van der Waals surface area contributed by atoms with E-state index in [9.17, 15) is 0 Å². The zero-order valence-electron chi connectivity index (χ0n) is 9.53. The summed E-state index contributed by atoms with van der Waals surface area (Å²) in [4.78, 5) is 0. The molecule has 0 saturated heterocycles. The second kappa shape index (κ2) is 3.01.